The lowest BCUT2D eigenvalue weighted by atomic mass is 9.80. The van der Waals surface area contributed by atoms with Crippen molar-refractivity contribution in [3.63, 3.8) is 0 Å². The number of halogens is 2. The first-order valence-corrected chi connectivity index (χ1v) is 5.47. The lowest BCUT2D eigenvalue weighted by Gasteiger charge is -2.25. The van der Waals surface area contributed by atoms with Gasteiger partial charge in [-0.1, -0.05) is 36.6 Å². The standard InChI is InChI=1S/C12H14ClF/c13-11-5-3-10(4-6-11)12(9-14)7-1-2-8-12/h3-6H,1-2,7-9H2. The van der Waals surface area contributed by atoms with Crippen molar-refractivity contribution in [3.05, 3.63) is 34.9 Å². The molecule has 1 aliphatic rings. The van der Waals surface area contributed by atoms with Crippen LogP contribution < -0.4 is 0 Å². The molecule has 0 bridgehead atoms. The van der Waals surface area contributed by atoms with Gasteiger partial charge < -0.3 is 0 Å². The molecule has 14 heavy (non-hydrogen) atoms. The zero-order valence-electron chi connectivity index (χ0n) is 8.10. The number of rotatable bonds is 2. The average molecular weight is 213 g/mol. The van der Waals surface area contributed by atoms with E-state index >= 15 is 0 Å². The molecule has 0 aliphatic heterocycles. The van der Waals surface area contributed by atoms with E-state index in [1.165, 1.54) is 0 Å². The molecule has 2 heteroatoms. The Morgan fingerprint density at radius 3 is 2.21 bits per heavy atom. The van der Waals surface area contributed by atoms with Crippen LogP contribution in [-0.2, 0) is 5.41 Å². The first-order valence-electron chi connectivity index (χ1n) is 5.09. The van der Waals surface area contributed by atoms with Gasteiger partial charge in [-0.05, 0) is 30.5 Å². The smallest absolute Gasteiger partial charge is 0.0990 e. The molecule has 0 radical (unpaired) electrons. The van der Waals surface area contributed by atoms with Gasteiger partial charge in [0, 0.05) is 10.4 Å². The maximum atomic E-state index is 13.1. The molecule has 0 heterocycles. The lowest BCUT2D eigenvalue weighted by molar-refractivity contribution is 0.309. The van der Waals surface area contributed by atoms with Crippen molar-refractivity contribution in [3.8, 4) is 0 Å². The molecule has 76 valence electrons. The monoisotopic (exact) mass is 212 g/mol. The van der Waals surface area contributed by atoms with Crippen LogP contribution in [0.1, 0.15) is 31.2 Å². The molecule has 1 aliphatic carbocycles. The Kier molecular flexibility index (Phi) is 2.78. The molecule has 0 nitrogen and oxygen atoms in total. The van der Waals surface area contributed by atoms with E-state index in [0.29, 0.717) is 0 Å². The van der Waals surface area contributed by atoms with Crippen LogP contribution >= 0.6 is 11.6 Å². The summed E-state index contributed by atoms with van der Waals surface area (Å²) in [4.78, 5) is 0. The maximum Gasteiger partial charge on any atom is 0.0990 e. The van der Waals surface area contributed by atoms with Gasteiger partial charge in [-0.2, -0.15) is 0 Å². The predicted octanol–water partition coefficient (Wildman–Crippen LogP) is 4.12. The van der Waals surface area contributed by atoms with Crippen LogP contribution in [0.5, 0.6) is 0 Å². The molecule has 0 N–H and O–H groups in total. The second kappa shape index (κ2) is 3.90. The normalized spacial score (nSPS) is 19.9. The second-order valence-electron chi connectivity index (χ2n) is 4.13. The van der Waals surface area contributed by atoms with E-state index in [2.05, 4.69) is 0 Å². The summed E-state index contributed by atoms with van der Waals surface area (Å²) in [5.41, 5.74) is 0.909. The molecule has 0 amide bonds. The third kappa shape index (κ3) is 1.66. The summed E-state index contributed by atoms with van der Waals surface area (Å²) in [5, 5.41) is 0.723. The number of hydrogen-bond donors (Lipinski definition) is 0. The first-order chi connectivity index (χ1) is 6.77. The van der Waals surface area contributed by atoms with E-state index in [4.69, 9.17) is 11.6 Å². The van der Waals surface area contributed by atoms with Crippen molar-refractivity contribution in [1.82, 2.24) is 0 Å². The highest BCUT2D eigenvalue weighted by Gasteiger charge is 2.35. The minimum absolute atomic E-state index is 0.204. The van der Waals surface area contributed by atoms with E-state index in [1.807, 2.05) is 24.3 Å². The van der Waals surface area contributed by atoms with Gasteiger partial charge in [0.05, 0.1) is 6.67 Å². The van der Waals surface area contributed by atoms with Crippen molar-refractivity contribution in [1.29, 1.82) is 0 Å². The van der Waals surface area contributed by atoms with Gasteiger partial charge in [0.15, 0.2) is 0 Å². The molecular formula is C12H14ClF. The predicted molar refractivity (Wildman–Crippen MR) is 57.6 cm³/mol. The maximum absolute atomic E-state index is 13.1. The van der Waals surface area contributed by atoms with Crippen molar-refractivity contribution < 1.29 is 4.39 Å². The number of benzene rings is 1. The molecule has 0 aromatic heterocycles. The summed E-state index contributed by atoms with van der Waals surface area (Å²) in [7, 11) is 0. The van der Waals surface area contributed by atoms with E-state index in [1.54, 1.807) is 0 Å². The molecule has 0 atom stereocenters. The summed E-state index contributed by atoms with van der Waals surface area (Å²) in [6.45, 7) is -0.241. The molecular weight excluding hydrogens is 199 g/mol. The third-order valence-electron chi connectivity index (χ3n) is 3.27. The second-order valence-corrected chi connectivity index (χ2v) is 4.56. The molecule has 0 saturated heterocycles. The molecule has 0 unspecified atom stereocenters. The Balaban J connectivity index is 2.31. The van der Waals surface area contributed by atoms with Crippen LogP contribution in [-0.4, -0.2) is 6.67 Å². The molecule has 1 aromatic carbocycles. The van der Waals surface area contributed by atoms with Crippen molar-refractivity contribution in [2.45, 2.75) is 31.1 Å². The van der Waals surface area contributed by atoms with Crippen molar-refractivity contribution >= 4 is 11.6 Å². The van der Waals surface area contributed by atoms with Gasteiger partial charge in [-0.15, -0.1) is 0 Å². The van der Waals surface area contributed by atoms with Gasteiger partial charge in [-0.25, -0.2) is 0 Å². The quantitative estimate of drug-likeness (QED) is 0.692. The molecule has 1 aromatic rings. The number of hydrogen-bond acceptors (Lipinski definition) is 0. The fourth-order valence-electron chi connectivity index (χ4n) is 2.35. The lowest BCUT2D eigenvalue weighted by Crippen LogP contribution is -2.24. The van der Waals surface area contributed by atoms with Crippen LogP contribution in [0.3, 0.4) is 0 Å². The van der Waals surface area contributed by atoms with Gasteiger partial charge in [0.2, 0.25) is 0 Å². The summed E-state index contributed by atoms with van der Waals surface area (Å²) in [6.07, 6.45) is 4.25. The van der Waals surface area contributed by atoms with E-state index in [-0.39, 0.29) is 12.1 Å². The van der Waals surface area contributed by atoms with E-state index in [9.17, 15) is 4.39 Å². The zero-order chi connectivity index (χ0) is 10.0. The third-order valence-corrected chi connectivity index (χ3v) is 3.53. The van der Waals surface area contributed by atoms with Crippen LogP contribution in [0.15, 0.2) is 24.3 Å². The summed E-state index contributed by atoms with van der Waals surface area (Å²) >= 11 is 5.81. The first kappa shape index (κ1) is 9.97. The summed E-state index contributed by atoms with van der Waals surface area (Å²) in [5.74, 6) is 0. The Hall–Kier alpha value is -0.560. The van der Waals surface area contributed by atoms with Crippen LogP contribution in [0, 0.1) is 0 Å². The highest BCUT2D eigenvalue weighted by Crippen LogP contribution is 2.41. The Labute approximate surface area is 89.1 Å². The minimum atomic E-state index is -0.241. The molecule has 2 rings (SSSR count). The average Bonchev–Trinajstić information content (AvgIpc) is 2.68. The fourth-order valence-corrected chi connectivity index (χ4v) is 2.48. The largest absolute Gasteiger partial charge is 0.250 e. The van der Waals surface area contributed by atoms with Crippen LogP contribution in [0.25, 0.3) is 0 Å². The molecule has 1 fully saturated rings. The van der Waals surface area contributed by atoms with Gasteiger partial charge >= 0.3 is 0 Å². The zero-order valence-corrected chi connectivity index (χ0v) is 8.86. The Morgan fingerprint density at radius 1 is 1.14 bits per heavy atom. The van der Waals surface area contributed by atoms with Gasteiger partial charge in [0.1, 0.15) is 0 Å². The summed E-state index contributed by atoms with van der Waals surface area (Å²) in [6, 6.07) is 7.64. The van der Waals surface area contributed by atoms with Gasteiger partial charge in [0.25, 0.3) is 0 Å². The van der Waals surface area contributed by atoms with Gasteiger partial charge in [-0.3, -0.25) is 4.39 Å². The Morgan fingerprint density at radius 2 is 1.71 bits per heavy atom. The minimum Gasteiger partial charge on any atom is -0.250 e. The highest BCUT2D eigenvalue weighted by molar-refractivity contribution is 6.30. The van der Waals surface area contributed by atoms with Crippen molar-refractivity contribution in [2.24, 2.45) is 0 Å². The van der Waals surface area contributed by atoms with E-state index in [0.717, 1.165) is 36.3 Å². The molecule has 0 spiro atoms. The topological polar surface area (TPSA) is 0 Å². The summed E-state index contributed by atoms with van der Waals surface area (Å²) < 4.78 is 13.1. The number of alkyl halides is 1. The van der Waals surface area contributed by atoms with E-state index < -0.39 is 0 Å². The molecule has 1 saturated carbocycles. The van der Waals surface area contributed by atoms with Crippen LogP contribution in [0.4, 0.5) is 4.39 Å². The Bertz CT molecular complexity index is 299. The van der Waals surface area contributed by atoms with Crippen LogP contribution in [0.2, 0.25) is 5.02 Å². The highest BCUT2D eigenvalue weighted by atomic mass is 35.5. The SMILES string of the molecule is FCC1(c2ccc(Cl)cc2)CCCC1. The fraction of sp³-hybridized carbons (Fsp3) is 0.500. The van der Waals surface area contributed by atoms with Crippen molar-refractivity contribution in [2.75, 3.05) is 6.67 Å².